The zero-order chi connectivity index (χ0) is 16.4. The Bertz CT molecular complexity index is 742. The van der Waals surface area contributed by atoms with Crippen molar-refractivity contribution in [2.24, 2.45) is 14.1 Å². The van der Waals surface area contributed by atoms with E-state index in [2.05, 4.69) is 10.6 Å². The molecular weight excluding hydrogens is 296 g/mol. The number of nitrogens with one attached hydrogen (secondary N) is 2. The molecule has 23 heavy (non-hydrogen) atoms. The predicted molar refractivity (Wildman–Crippen MR) is 88.5 cm³/mol. The van der Waals surface area contributed by atoms with Crippen LogP contribution in [-0.4, -0.2) is 52.7 Å². The van der Waals surface area contributed by atoms with E-state index >= 15 is 0 Å². The summed E-state index contributed by atoms with van der Waals surface area (Å²) in [6, 6.07) is 5.97. The lowest BCUT2D eigenvalue weighted by atomic mass is 10.1. The average Bonchev–Trinajstić information content (AvgIpc) is 2.71. The molecule has 0 spiro atoms. The number of aryl methyl sites for hydroxylation is 2. The quantitative estimate of drug-likeness (QED) is 0.695. The van der Waals surface area contributed by atoms with Crippen molar-refractivity contribution in [2.45, 2.75) is 12.1 Å². The molecule has 0 saturated carbocycles. The van der Waals surface area contributed by atoms with E-state index in [1.54, 1.807) is 23.2 Å². The van der Waals surface area contributed by atoms with Crippen LogP contribution in [0.25, 0.3) is 11.0 Å². The molecule has 0 radical (unpaired) electrons. The molecule has 7 heteroatoms. The minimum atomic E-state index is -0.889. The van der Waals surface area contributed by atoms with Crippen molar-refractivity contribution in [1.29, 1.82) is 0 Å². The number of imidazole rings is 1. The van der Waals surface area contributed by atoms with Gasteiger partial charge in [-0.05, 0) is 17.7 Å². The van der Waals surface area contributed by atoms with Gasteiger partial charge in [0.05, 0.1) is 24.2 Å². The number of benzene rings is 1. The molecule has 126 valence electrons. The summed E-state index contributed by atoms with van der Waals surface area (Å²) in [4.78, 5) is 12.0. The maximum absolute atomic E-state index is 12.0. The summed E-state index contributed by atoms with van der Waals surface area (Å²) in [5.74, 6) is 0. The van der Waals surface area contributed by atoms with E-state index < -0.39 is 5.60 Å². The van der Waals surface area contributed by atoms with Crippen LogP contribution in [0.15, 0.2) is 23.0 Å². The SMILES string of the molecule is Cn1c(=O)n(C)c2cc(CNC[C@@]3(O)CNCCOC3)ccc21. The van der Waals surface area contributed by atoms with Gasteiger partial charge in [-0.3, -0.25) is 9.13 Å². The number of aliphatic hydroxyl groups is 1. The largest absolute Gasteiger partial charge is 0.385 e. The van der Waals surface area contributed by atoms with E-state index in [1.807, 2.05) is 18.2 Å². The average molecular weight is 320 g/mol. The van der Waals surface area contributed by atoms with Crippen LogP contribution in [-0.2, 0) is 25.4 Å². The van der Waals surface area contributed by atoms with Crippen molar-refractivity contribution in [1.82, 2.24) is 19.8 Å². The monoisotopic (exact) mass is 320 g/mol. The Labute approximate surface area is 134 Å². The molecule has 3 N–H and O–H groups in total. The van der Waals surface area contributed by atoms with E-state index in [0.29, 0.717) is 32.8 Å². The first-order chi connectivity index (χ1) is 11.0. The molecule has 2 aromatic rings. The molecule has 0 aliphatic carbocycles. The van der Waals surface area contributed by atoms with Crippen molar-refractivity contribution in [3.63, 3.8) is 0 Å². The highest BCUT2D eigenvalue weighted by molar-refractivity contribution is 5.76. The van der Waals surface area contributed by atoms with Gasteiger partial charge >= 0.3 is 5.69 Å². The zero-order valence-electron chi connectivity index (χ0n) is 13.6. The second-order valence-corrected chi connectivity index (χ2v) is 6.28. The Morgan fingerprint density at radius 3 is 2.96 bits per heavy atom. The molecule has 3 rings (SSSR count). The van der Waals surface area contributed by atoms with Gasteiger partial charge in [-0.25, -0.2) is 4.79 Å². The number of hydrogen-bond acceptors (Lipinski definition) is 5. The van der Waals surface area contributed by atoms with Gasteiger partial charge in [0.15, 0.2) is 0 Å². The molecule has 7 nitrogen and oxygen atoms in total. The molecule has 2 heterocycles. The van der Waals surface area contributed by atoms with Gasteiger partial charge in [0.2, 0.25) is 0 Å². The molecule has 1 atom stereocenters. The lowest BCUT2D eigenvalue weighted by molar-refractivity contribution is -0.0264. The summed E-state index contributed by atoms with van der Waals surface area (Å²) >= 11 is 0. The Hall–Kier alpha value is -1.67. The number of nitrogens with zero attached hydrogens (tertiary/aromatic N) is 2. The zero-order valence-corrected chi connectivity index (χ0v) is 13.6. The van der Waals surface area contributed by atoms with Crippen LogP contribution in [0.1, 0.15) is 5.56 Å². The van der Waals surface area contributed by atoms with Crippen molar-refractivity contribution >= 4 is 11.0 Å². The number of aromatic nitrogens is 2. The van der Waals surface area contributed by atoms with Gasteiger partial charge in [-0.15, -0.1) is 0 Å². The minimum Gasteiger partial charge on any atom is -0.385 e. The molecule has 0 amide bonds. The fraction of sp³-hybridized carbons (Fsp3) is 0.562. The van der Waals surface area contributed by atoms with E-state index in [4.69, 9.17) is 4.74 Å². The maximum Gasteiger partial charge on any atom is 0.328 e. The van der Waals surface area contributed by atoms with Crippen LogP contribution in [0.3, 0.4) is 0 Å². The number of hydrogen-bond donors (Lipinski definition) is 3. The molecule has 1 aromatic heterocycles. The highest BCUT2D eigenvalue weighted by Gasteiger charge is 2.28. The highest BCUT2D eigenvalue weighted by atomic mass is 16.5. The first-order valence-electron chi connectivity index (χ1n) is 7.86. The highest BCUT2D eigenvalue weighted by Crippen LogP contribution is 2.14. The third-order valence-electron chi connectivity index (χ3n) is 4.37. The van der Waals surface area contributed by atoms with Gasteiger partial charge < -0.3 is 20.5 Å². The van der Waals surface area contributed by atoms with Gasteiger partial charge in [0, 0.05) is 40.3 Å². The van der Waals surface area contributed by atoms with Crippen LogP contribution in [0.4, 0.5) is 0 Å². The minimum absolute atomic E-state index is 0.0268. The number of β-amino-alcohol motifs (C(OH)–C–C–N with tert-alkyl or cyclic N) is 1. The topological polar surface area (TPSA) is 80.5 Å². The normalized spacial score (nSPS) is 22.4. The Morgan fingerprint density at radius 1 is 1.35 bits per heavy atom. The van der Waals surface area contributed by atoms with Crippen molar-refractivity contribution in [3.8, 4) is 0 Å². The molecule has 1 saturated heterocycles. The van der Waals surface area contributed by atoms with Crippen LogP contribution < -0.4 is 16.3 Å². The molecule has 1 aliphatic rings. The first-order valence-corrected chi connectivity index (χ1v) is 7.86. The number of ether oxygens (including phenoxy) is 1. The molecule has 1 fully saturated rings. The van der Waals surface area contributed by atoms with Crippen LogP contribution in [0, 0.1) is 0 Å². The Morgan fingerprint density at radius 2 is 2.13 bits per heavy atom. The number of fused-ring (bicyclic) bond motifs is 1. The van der Waals surface area contributed by atoms with E-state index in [1.165, 1.54) is 0 Å². The van der Waals surface area contributed by atoms with Crippen LogP contribution in [0.5, 0.6) is 0 Å². The summed E-state index contributed by atoms with van der Waals surface area (Å²) < 4.78 is 8.70. The summed E-state index contributed by atoms with van der Waals surface area (Å²) in [6.07, 6.45) is 0. The smallest absolute Gasteiger partial charge is 0.328 e. The second kappa shape index (κ2) is 6.45. The second-order valence-electron chi connectivity index (χ2n) is 6.28. The van der Waals surface area contributed by atoms with Crippen LogP contribution in [0.2, 0.25) is 0 Å². The summed E-state index contributed by atoms with van der Waals surface area (Å²) in [7, 11) is 3.55. The molecule has 1 aromatic carbocycles. The standard InChI is InChI=1S/C16H24N4O3/c1-19-13-4-3-12(7-14(13)20(2)15(19)21)8-18-10-16(22)9-17-5-6-23-11-16/h3-4,7,17-18,22H,5-6,8-11H2,1-2H3/t16-/m0/s1. The first kappa shape index (κ1) is 16.2. The fourth-order valence-corrected chi connectivity index (χ4v) is 2.99. The summed E-state index contributed by atoms with van der Waals surface area (Å²) in [5, 5.41) is 16.9. The molecule has 0 unspecified atom stereocenters. The molecule has 0 bridgehead atoms. The molecular formula is C16H24N4O3. The third kappa shape index (κ3) is 3.32. The van der Waals surface area contributed by atoms with E-state index in [-0.39, 0.29) is 5.69 Å². The lowest BCUT2D eigenvalue weighted by Gasteiger charge is -2.26. The summed E-state index contributed by atoms with van der Waals surface area (Å²) in [6.45, 7) is 3.32. The van der Waals surface area contributed by atoms with Gasteiger partial charge in [0.1, 0.15) is 5.60 Å². The number of rotatable bonds is 4. The third-order valence-corrected chi connectivity index (χ3v) is 4.37. The Balaban J connectivity index is 1.67. The van der Waals surface area contributed by atoms with Crippen molar-refractivity contribution in [3.05, 3.63) is 34.2 Å². The van der Waals surface area contributed by atoms with Crippen molar-refractivity contribution in [2.75, 3.05) is 32.8 Å². The van der Waals surface area contributed by atoms with Gasteiger partial charge in [0.25, 0.3) is 0 Å². The maximum atomic E-state index is 12.0. The van der Waals surface area contributed by atoms with Gasteiger partial charge in [-0.1, -0.05) is 6.07 Å². The molecule has 1 aliphatic heterocycles. The van der Waals surface area contributed by atoms with Crippen LogP contribution >= 0.6 is 0 Å². The Kier molecular flexibility index (Phi) is 4.54. The fourth-order valence-electron chi connectivity index (χ4n) is 2.99. The van der Waals surface area contributed by atoms with Gasteiger partial charge in [-0.2, -0.15) is 0 Å². The van der Waals surface area contributed by atoms with E-state index in [0.717, 1.165) is 23.1 Å². The lowest BCUT2D eigenvalue weighted by Crippen LogP contribution is -2.50. The van der Waals surface area contributed by atoms with E-state index in [9.17, 15) is 9.90 Å². The summed E-state index contributed by atoms with van der Waals surface area (Å²) in [5.41, 5.74) is 1.99. The predicted octanol–water partition coefficient (Wildman–Crippen LogP) is -0.682. The van der Waals surface area contributed by atoms with Crippen molar-refractivity contribution < 1.29 is 9.84 Å².